The number of hydrogen-bond donors (Lipinski definition) is 1. The first-order valence-electron chi connectivity index (χ1n) is 10.2. The smallest absolute Gasteiger partial charge is 0.358 e. The van der Waals surface area contributed by atoms with Gasteiger partial charge in [0.15, 0.2) is 0 Å². The van der Waals surface area contributed by atoms with E-state index < -0.39 is 36.2 Å². The third kappa shape index (κ3) is 4.29. The van der Waals surface area contributed by atoms with E-state index in [4.69, 9.17) is 9.47 Å². The van der Waals surface area contributed by atoms with Crippen molar-refractivity contribution in [2.45, 2.75) is 46.3 Å². The van der Waals surface area contributed by atoms with Crippen LogP contribution in [0.1, 0.15) is 49.4 Å². The summed E-state index contributed by atoms with van der Waals surface area (Å²) in [6.07, 6.45) is -0.508. The van der Waals surface area contributed by atoms with Gasteiger partial charge < -0.3 is 24.4 Å². The maximum atomic E-state index is 12.9. The summed E-state index contributed by atoms with van der Waals surface area (Å²) in [4.78, 5) is 53.3. The van der Waals surface area contributed by atoms with Gasteiger partial charge in [-0.05, 0) is 40.2 Å². The van der Waals surface area contributed by atoms with E-state index >= 15 is 0 Å². The minimum absolute atomic E-state index is 0.0643. The van der Waals surface area contributed by atoms with Crippen LogP contribution in [0.2, 0.25) is 0 Å². The zero-order valence-corrected chi connectivity index (χ0v) is 19.8. The molecule has 0 saturated carbocycles. The number of aliphatic hydroxyl groups excluding tert-OH is 1. The number of carbonyl (C=O) groups is 4. The zero-order chi connectivity index (χ0) is 24.0. The van der Waals surface area contributed by atoms with Gasteiger partial charge in [-0.1, -0.05) is 0 Å². The molecule has 0 aromatic carbocycles. The Labute approximate surface area is 190 Å². The Bertz CT molecular complexity index is 987. The molecule has 2 aliphatic heterocycles. The molecule has 1 aromatic heterocycles. The van der Waals surface area contributed by atoms with Crippen LogP contribution in [0.15, 0.2) is 17.1 Å². The van der Waals surface area contributed by atoms with Crippen LogP contribution >= 0.6 is 11.3 Å². The van der Waals surface area contributed by atoms with E-state index in [2.05, 4.69) is 0 Å². The van der Waals surface area contributed by atoms with Crippen LogP contribution in [0, 0.1) is 11.3 Å². The number of aliphatic hydroxyl groups is 1. The van der Waals surface area contributed by atoms with Gasteiger partial charge >= 0.3 is 11.9 Å². The highest BCUT2D eigenvalue weighted by Gasteiger charge is 2.57. The number of fused-ring (bicyclic) bond motifs is 1. The Hall–Kier alpha value is -2.72. The van der Waals surface area contributed by atoms with Gasteiger partial charge in [-0.2, -0.15) is 0 Å². The number of β-lactam (4-membered cyclic amide) rings is 1. The van der Waals surface area contributed by atoms with E-state index in [9.17, 15) is 24.3 Å². The summed E-state index contributed by atoms with van der Waals surface area (Å²) in [5, 5.41) is 11.7. The van der Waals surface area contributed by atoms with Gasteiger partial charge in [0.1, 0.15) is 5.70 Å². The third-order valence-corrected chi connectivity index (χ3v) is 6.45. The van der Waals surface area contributed by atoms with E-state index in [1.807, 2.05) is 0 Å². The molecule has 0 radical (unpaired) electrons. The summed E-state index contributed by atoms with van der Waals surface area (Å²) in [5.41, 5.74) is 0.359. The van der Waals surface area contributed by atoms with E-state index in [1.54, 1.807) is 53.2 Å². The van der Waals surface area contributed by atoms with Crippen molar-refractivity contribution in [2.24, 2.45) is 11.3 Å². The number of rotatable bonds is 6. The monoisotopic (exact) mass is 464 g/mol. The molecular weight excluding hydrogens is 436 g/mol. The van der Waals surface area contributed by atoms with Gasteiger partial charge in [0.2, 0.25) is 12.7 Å². The number of thiophene rings is 1. The summed E-state index contributed by atoms with van der Waals surface area (Å²) >= 11 is 1.29. The molecule has 3 heterocycles. The molecule has 2 amide bonds. The summed E-state index contributed by atoms with van der Waals surface area (Å²) in [6.45, 7) is 6.00. The summed E-state index contributed by atoms with van der Waals surface area (Å²) < 4.78 is 10.2. The predicted molar refractivity (Wildman–Crippen MR) is 116 cm³/mol. The van der Waals surface area contributed by atoms with Crippen molar-refractivity contribution < 1.29 is 33.8 Å². The molecule has 1 fully saturated rings. The maximum absolute atomic E-state index is 12.9. The topological polar surface area (TPSA) is 113 Å². The molecule has 0 unspecified atom stereocenters. The molecule has 0 bridgehead atoms. The normalized spacial score (nSPS) is 21.1. The van der Waals surface area contributed by atoms with Crippen LogP contribution in [-0.4, -0.2) is 71.7 Å². The van der Waals surface area contributed by atoms with Crippen molar-refractivity contribution in [3.8, 4) is 0 Å². The van der Waals surface area contributed by atoms with Crippen LogP contribution in [0.3, 0.4) is 0 Å². The molecule has 174 valence electrons. The molecule has 1 aromatic rings. The summed E-state index contributed by atoms with van der Waals surface area (Å²) in [7, 11) is 3.29. The number of nitrogens with zero attached hydrogens (tertiary/aromatic N) is 2. The molecule has 0 aliphatic carbocycles. The first-order chi connectivity index (χ1) is 14.8. The van der Waals surface area contributed by atoms with Crippen LogP contribution < -0.4 is 0 Å². The fourth-order valence-corrected chi connectivity index (χ4v) is 4.71. The molecule has 3 rings (SSSR count). The minimum Gasteiger partial charge on any atom is -0.427 e. The molecule has 0 spiro atoms. The predicted octanol–water partition coefficient (Wildman–Crippen LogP) is 1.86. The number of ether oxygens (including phenoxy) is 2. The average Bonchev–Trinajstić information content (AvgIpc) is 3.28. The van der Waals surface area contributed by atoms with Gasteiger partial charge in [-0.15, -0.1) is 11.3 Å². The standard InChI is InChI=1S/C22H28N2O7S/c1-11(25)16-14-8-13(15-7-12(9-32-15)18(26)23(5)6)17(24(14)19(16)27)20(28)30-10-31-21(29)22(2,3)4/h7,9,11,14,16,25H,8,10H2,1-6H3/t11-,14-,16-/m1/s1. The number of amides is 2. The maximum Gasteiger partial charge on any atom is 0.358 e. The van der Waals surface area contributed by atoms with Crippen LogP contribution in [0.4, 0.5) is 0 Å². The molecule has 1 N–H and O–H groups in total. The lowest BCUT2D eigenvalue weighted by molar-refractivity contribution is -0.175. The lowest BCUT2D eigenvalue weighted by atomic mass is 9.83. The zero-order valence-electron chi connectivity index (χ0n) is 19.0. The van der Waals surface area contributed by atoms with Crippen LogP contribution in [0.25, 0.3) is 5.57 Å². The van der Waals surface area contributed by atoms with Crippen LogP contribution in [-0.2, 0) is 23.9 Å². The highest BCUT2D eigenvalue weighted by molar-refractivity contribution is 7.11. The fraction of sp³-hybridized carbons (Fsp3) is 0.545. The molecule has 2 aliphatic rings. The Morgan fingerprint density at radius 2 is 1.94 bits per heavy atom. The second kappa shape index (κ2) is 8.67. The van der Waals surface area contributed by atoms with Gasteiger partial charge in [0, 0.05) is 29.9 Å². The summed E-state index contributed by atoms with van der Waals surface area (Å²) in [6, 6.07) is 1.32. The first kappa shape index (κ1) is 23.9. The lowest BCUT2D eigenvalue weighted by Gasteiger charge is -2.44. The van der Waals surface area contributed by atoms with Crippen molar-refractivity contribution in [2.75, 3.05) is 20.9 Å². The Balaban J connectivity index is 1.87. The minimum atomic E-state index is -0.859. The third-order valence-electron chi connectivity index (χ3n) is 5.46. The first-order valence-corrected chi connectivity index (χ1v) is 11.1. The summed E-state index contributed by atoms with van der Waals surface area (Å²) in [5.74, 6) is -2.47. The molecule has 3 atom stereocenters. The molecule has 1 saturated heterocycles. The highest BCUT2D eigenvalue weighted by Crippen LogP contribution is 2.48. The Morgan fingerprint density at radius 1 is 1.28 bits per heavy atom. The number of esters is 2. The van der Waals surface area contributed by atoms with Crippen molar-refractivity contribution in [1.29, 1.82) is 0 Å². The van der Waals surface area contributed by atoms with E-state index in [1.165, 1.54) is 21.1 Å². The second-order valence-electron chi connectivity index (χ2n) is 9.20. The van der Waals surface area contributed by atoms with Crippen LogP contribution in [0.5, 0.6) is 0 Å². The lowest BCUT2D eigenvalue weighted by Crippen LogP contribution is -2.61. The molecular formula is C22H28N2O7S. The Morgan fingerprint density at radius 3 is 2.50 bits per heavy atom. The SMILES string of the molecule is C[C@@H](O)[C@H]1C(=O)N2C(C(=O)OCOC(=O)C(C)(C)C)=C(c3cc(C(=O)N(C)C)cs3)C[C@H]12. The van der Waals surface area contributed by atoms with E-state index in [0.717, 1.165) is 0 Å². The van der Waals surface area contributed by atoms with Gasteiger partial charge in [0.05, 0.1) is 29.0 Å². The van der Waals surface area contributed by atoms with E-state index in [-0.39, 0.29) is 23.6 Å². The fourth-order valence-electron chi connectivity index (χ4n) is 3.77. The Kier molecular flexibility index (Phi) is 6.48. The van der Waals surface area contributed by atoms with Gasteiger partial charge in [-0.25, -0.2) is 4.79 Å². The number of hydrogen-bond acceptors (Lipinski definition) is 8. The van der Waals surface area contributed by atoms with Crippen molar-refractivity contribution in [3.05, 3.63) is 27.6 Å². The quantitative estimate of drug-likeness (QED) is 0.388. The molecule has 10 heteroatoms. The van der Waals surface area contributed by atoms with Gasteiger partial charge in [0.25, 0.3) is 5.91 Å². The van der Waals surface area contributed by atoms with Crippen molar-refractivity contribution >= 4 is 40.7 Å². The molecule has 32 heavy (non-hydrogen) atoms. The highest BCUT2D eigenvalue weighted by atomic mass is 32.1. The second-order valence-corrected chi connectivity index (χ2v) is 10.1. The van der Waals surface area contributed by atoms with E-state index in [0.29, 0.717) is 22.4 Å². The molecule has 9 nitrogen and oxygen atoms in total. The largest absolute Gasteiger partial charge is 0.427 e. The number of carbonyl (C=O) groups excluding carboxylic acids is 4. The average molecular weight is 465 g/mol. The van der Waals surface area contributed by atoms with Gasteiger partial charge in [-0.3, -0.25) is 14.4 Å². The van der Waals surface area contributed by atoms with Crippen molar-refractivity contribution in [1.82, 2.24) is 9.80 Å². The van der Waals surface area contributed by atoms with Crippen molar-refractivity contribution in [3.63, 3.8) is 0 Å².